The molecule has 1 amide bonds. The largest absolute Gasteiger partial charge is 0.351 e. The van der Waals surface area contributed by atoms with Crippen molar-refractivity contribution >= 4 is 16.2 Å². The van der Waals surface area contributed by atoms with Gasteiger partial charge >= 0.3 is 0 Å². The predicted octanol–water partition coefficient (Wildman–Crippen LogP) is 1.18. The first-order chi connectivity index (χ1) is 8.55. The number of carbonyl (C=O) groups excluding carboxylic acids is 1. The molecule has 1 atom stereocenters. The van der Waals surface area contributed by atoms with Crippen LogP contribution < -0.4 is 5.32 Å². The zero-order valence-corrected chi connectivity index (χ0v) is 10.8. The first-order valence-corrected chi connectivity index (χ1v) is 7.09. The molecule has 0 saturated carbocycles. The maximum absolute atomic E-state index is 11.6. The van der Waals surface area contributed by atoms with Gasteiger partial charge < -0.3 is 5.32 Å². The van der Waals surface area contributed by atoms with Crippen LogP contribution in [0.1, 0.15) is 24.9 Å². The van der Waals surface area contributed by atoms with Gasteiger partial charge in [-0.25, -0.2) is 8.42 Å². The summed E-state index contributed by atoms with van der Waals surface area (Å²) in [6.07, 6.45) is 0.664. The summed E-state index contributed by atoms with van der Waals surface area (Å²) in [5.74, 6) is 0.0422. The number of amides is 1. The highest BCUT2D eigenvalue weighted by Crippen LogP contribution is 2.19. The van der Waals surface area contributed by atoms with E-state index in [2.05, 4.69) is 5.32 Å². The molecular formula is C12H14N2O3S. The summed E-state index contributed by atoms with van der Waals surface area (Å²) in [7, 11) is -3.22. The minimum absolute atomic E-state index is 0.0422. The van der Waals surface area contributed by atoms with Crippen molar-refractivity contribution in [1.82, 2.24) is 5.32 Å². The van der Waals surface area contributed by atoms with Gasteiger partial charge in [-0.15, -0.1) is 0 Å². The van der Waals surface area contributed by atoms with E-state index in [4.69, 9.17) is 5.26 Å². The Hall–Kier alpha value is -1.87. The second-order valence-electron chi connectivity index (χ2n) is 3.67. The van der Waals surface area contributed by atoms with E-state index in [1.165, 1.54) is 12.1 Å². The van der Waals surface area contributed by atoms with Gasteiger partial charge in [0.05, 0.1) is 29.2 Å². The zero-order valence-electron chi connectivity index (χ0n) is 9.96. The quantitative estimate of drug-likeness (QED) is 0.783. The molecule has 0 saturated heterocycles. The van der Waals surface area contributed by atoms with Gasteiger partial charge in [0.1, 0.15) is 0 Å². The van der Waals surface area contributed by atoms with Crippen molar-refractivity contribution < 1.29 is 13.2 Å². The maximum Gasteiger partial charge on any atom is 0.207 e. The minimum atomic E-state index is -3.22. The molecule has 1 aromatic carbocycles. The summed E-state index contributed by atoms with van der Waals surface area (Å²) >= 11 is 0. The normalized spacial score (nSPS) is 12.4. The molecule has 0 fully saturated rings. The highest BCUT2D eigenvalue weighted by Gasteiger charge is 2.14. The minimum Gasteiger partial charge on any atom is -0.351 e. The third-order valence-electron chi connectivity index (χ3n) is 2.59. The summed E-state index contributed by atoms with van der Waals surface area (Å²) in [4.78, 5) is 10.7. The van der Waals surface area contributed by atoms with Gasteiger partial charge in [0.25, 0.3) is 0 Å². The number of hydrogen-bond donors (Lipinski definition) is 1. The predicted molar refractivity (Wildman–Crippen MR) is 66.3 cm³/mol. The van der Waals surface area contributed by atoms with Crippen LogP contribution in [0, 0.1) is 11.3 Å². The number of nitrogens with zero attached hydrogens (tertiary/aromatic N) is 1. The van der Waals surface area contributed by atoms with Crippen molar-refractivity contribution in [1.29, 1.82) is 5.26 Å². The van der Waals surface area contributed by atoms with Crippen LogP contribution in [0.3, 0.4) is 0 Å². The van der Waals surface area contributed by atoms with Crippen molar-refractivity contribution in [2.24, 2.45) is 0 Å². The highest BCUT2D eigenvalue weighted by molar-refractivity contribution is 7.91. The number of hydrogen-bond acceptors (Lipinski definition) is 4. The molecule has 1 rings (SSSR count). The second-order valence-corrected chi connectivity index (χ2v) is 5.95. The molecule has 1 aromatic rings. The highest BCUT2D eigenvalue weighted by atomic mass is 32.2. The molecule has 0 aliphatic carbocycles. The van der Waals surface area contributed by atoms with Crippen LogP contribution in [0.2, 0.25) is 0 Å². The molecule has 1 N–H and O–H groups in total. The first-order valence-electron chi connectivity index (χ1n) is 5.44. The zero-order chi connectivity index (χ0) is 13.6. The van der Waals surface area contributed by atoms with Crippen LogP contribution in [-0.2, 0) is 14.6 Å². The van der Waals surface area contributed by atoms with Gasteiger partial charge in [-0.1, -0.05) is 19.1 Å². The Morgan fingerprint density at radius 2 is 2.00 bits per heavy atom. The Kier molecular flexibility index (Phi) is 4.86. The Morgan fingerprint density at radius 1 is 1.39 bits per heavy atom. The molecule has 0 bridgehead atoms. The van der Waals surface area contributed by atoms with Crippen LogP contribution in [0.25, 0.3) is 0 Å². The average molecular weight is 266 g/mol. The molecule has 5 nitrogen and oxygen atoms in total. The number of carbonyl (C=O) groups is 1. The van der Waals surface area contributed by atoms with E-state index in [0.29, 0.717) is 12.0 Å². The van der Waals surface area contributed by atoms with Crippen molar-refractivity contribution in [2.75, 3.05) is 5.75 Å². The standard InChI is InChI=1S/C12H14N2O3S/c1-2-18(16,17)11-5-3-10(4-6-11)12(7-8-13)14-9-15/h3-6,9,12H,2,7H2,1H3,(H,14,15)/t12-/m0/s1. The number of benzene rings is 1. The Morgan fingerprint density at radius 3 is 2.44 bits per heavy atom. The van der Waals surface area contributed by atoms with E-state index in [1.54, 1.807) is 19.1 Å². The van der Waals surface area contributed by atoms with Gasteiger partial charge in [-0.2, -0.15) is 5.26 Å². The fourth-order valence-electron chi connectivity index (χ4n) is 1.52. The average Bonchev–Trinajstić information content (AvgIpc) is 2.39. The Bertz CT molecular complexity index is 544. The molecule has 0 aliphatic rings. The van der Waals surface area contributed by atoms with Crippen LogP contribution in [0.5, 0.6) is 0 Å². The van der Waals surface area contributed by atoms with Crippen molar-refractivity contribution in [2.45, 2.75) is 24.3 Å². The molecule has 0 spiro atoms. The summed E-state index contributed by atoms with van der Waals surface area (Å²) in [6.45, 7) is 1.58. The van der Waals surface area contributed by atoms with Crippen molar-refractivity contribution in [3.63, 3.8) is 0 Å². The van der Waals surface area contributed by atoms with E-state index in [9.17, 15) is 13.2 Å². The van der Waals surface area contributed by atoms with Crippen LogP contribution in [0.15, 0.2) is 29.2 Å². The lowest BCUT2D eigenvalue weighted by atomic mass is 10.1. The smallest absolute Gasteiger partial charge is 0.207 e. The summed E-state index contributed by atoms with van der Waals surface area (Å²) < 4.78 is 23.2. The fourth-order valence-corrected chi connectivity index (χ4v) is 2.40. The van der Waals surface area contributed by atoms with Crippen LogP contribution in [0.4, 0.5) is 0 Å². The summed E-state index contributed by atoms with van der Waals surface area (Å²) in [5.41, 5.74) is 0.707. The Labute approximate surface area is 106 Å². The number of rotatable bonds is 6. The topological polar surface area (TPSA) is 87.0 Å². The third-order valence-corrected chi connectivity index (χ3v) is 4.34. The van der Waals surface area contributed by atoms with E-state index in [1.807, 2.05) is 6.07 Å². The van der Waals surface area contributed by atoms with Crippen molar-refractivity contribution in [3.8, 4) is 6.07 Å². The van der Waals surface area contributed by atoms with Gasteiger partial charge in [0, 0.05) is 0 Å². The number of nitrogens with one attached hydrogen (secondary N) is 1. The molecular weight excluding hydrogens is 252 g/mol. The molecule has 96 valence electrons. The van der Waals surface area contributed by atoms with E-state index in [0.717, 1.165) is 0 Å². The molecule has 0 unspecified atom stereocenters. The molecule has 0 aromatic heterocycles. The molecule has 0 radical (unpaired) electrons. The van der Waals surface area contributed by atoms with Gasteiger partial charge in [-0.3, -0.25) is 4.79 Å². The summed E-state index contributed by atoms with van der Waals surface area (Å²) in [5, 5.41) is 11.2. The number of sulfone groups is 1. The van der Waals surface area contributed by atoms with E-state index in [-0.39, 0.29) is 17.1 Å². The lowest BCUT2D eigenvalue weighted by molar-refractivity contribution is -0.110. The van der Waals surface area contributed by atoms with Gasteiger partial charge in [0.15, 0.2) is 9.84 Å². The molecule has 0 heterocycles. The maximum atomic E-state index is 11.6. The first kappa shape index (κ1) is 14.2. The molecule has 18 heavy (non-hydrogen) atoms. The Balaban J connectivity index is 3.01. The SMILES string of the molecule is CCS(=O)(=O)c1ccc([C@H](CC#N)NC=O)cc1. The monoisotopic (exact) mass is 266 g/mol. The lowest BCUT2D eigenvalue weighted by Gasteiger charge is -2.13. The van der Waals surface area contributed by atoms with Crippen LogP contribution in [-0.4, -0.2) is 20.6 Å². The lowest BCUT2D eigenvalue weighted by Crippen LogP contribution is -2.19. The number of nitriles is 1. The van der Waals surface area contributed by atoms with E-state index < -0.39 is 15.9 Å². The van der Waals surface area contributed by atoms with Gasteiger partial charge in [0.2, 0.25) is 6.41 Å². The van der Waals surface area contributed by atoms with E-state index >= 15 is 0 Å². The molecule has 6 heteroatoms. The van der Waals surface area contributed by atoms with Crippen LogP contribution >= 0.6 is 0 Å². The van der Waals surface area contributed by atoms with Crippen molar-refractivity contribution in [3.05, 3.63) is 29.8 Å². The van der Waals surface area contributed by atoms with Gasteiger partial charge in [-0.05, 0) is 17.7 Å². The molecule has 0 aliphatic heterocycles. The summed E-state index contributed by atoms with van der Waals surface area (Å²) in [6, 6.07) is 7.76. The second kappa shape index (κ2) is 6.17. The third kappa shape index (κ3) is 3.31. The fraction of sp³-hybridized carbons (Fsp3) is 0.333.